The van der Waals surface area contributed by atoms with Gasteiger partial charge in [0.15, 0.2) is 35.3 Å². The highest BCUT2D eigenvalue weighted by molar-refractivity contribution is 5.89. The summed E-state index contributed by atoms with van der Waals surface area (Å²) in [5.74, 6) is -4.90. The molecule has 0 radical (unpaired) electrons. The van der Waals surface area contributed by atoms with E-state index in [-0.39, 0.29) is 41.3 Å². The van der Waals surface area contributed by atoms with E-state index in [9.17, 15) is 40.2 Å². The van der Waals surface area contributed by atoms with E-state index in [1.165, 1.54) is 10.7 Å². The molecule has 0 bridgehead atoms. The number of carbonyl (C=O) groups excluding carboxylic acids is 1. The van der Waals surface area contributed by atoms with Crippen molar-refractivity contribution in [2.75, 3.05) is 39.6 Å². The number of H-pyrrole nitrogens is 1. The summed E-state index contributed by atoms with van der Waals surface area (Å²) in [6.07, 6.45) is -2.06. The van der Waals surface area contributed by atoms with Crippen LogP contribution in [0.4, 0.5) is 0 Å². The van der Waals surface area contributed by atoms with Crippen LogP contribution >= 0.6 is 0 Å². The smallest absolute Gasteiger partial charge is 0.339 e. The van der Waals surface area contributed by atoms with Gasteiger partial charge in [-0.3, -0.25) is 9.78 Å². The molecule has 2 aromatic heterocycles. The Bertz CT molecular complexity index is 1800. The predicted octanol–water partition coefficient (Wildman–Crippen LogP) is 0.852. The van der Waals surface area contributed by atoms with Crippen molar-refractivity contribution < 1.29 is 59.1 Å². The first-order valence-corrected chi connectivity index (χ1v) is 15.0. The molecule has 1 aliphatic rings. The Hall–Kier alpha value is -5.56. The van der Waals surface area contributed by atoms with E-state index < -0.39 is 58.7 Å². The number of carbonyl (C=O) groups is 1. The summed E-state index contributed by atoms with van der Waals surface area (Å²) >= 11 is 0. The molecule has 3 heterocycles. The third-order valence-electron chi connectivity index (χ3n) is 7.31. The summed E-state index contributed by atoms with van der Waals surface area (Å²) in [5.41, 5.74) is 4.88. The largest absolute Gasteiger partial charge is 0.508 e. The molecule has 3 unspecified atom stereocenters. The first-order chi connectivity index (χ1) is 23.5. The predicted molar refractivity (Wildman–Crippen MR) is 166 cm³/mol. The van der Waals surface area contributed by atoms with Gasteiger partial charge in [-0.05, 0) is 12.1 Å². The van der Waals surface area contributed by atoms with Gasteiger partial charge in [0.2, 0.25) is 0 Å². The molecule has 0 aliphatic carbocycles. The number of pyridine rings is 1. The van der Waals surface area contributed by atoms with Crippen LogP contribution in [0.5, 0.6) is 40.4 Å². The average Bonchev–Trinajstić information content (AvgIpc) is 3.50. The maximum absolute atomic E-state index is 13.4. The number of phenols is 5. The number of nitrogens with one attached hydrogen (secondary N) is 1. The zero-order valence-electron chi connectivity index (χ0n) is 25.9. The van der Waals surface area contributed by atoms with Crippen LogP contribution in [0.1, 0.15) is 39.4 Å². The molecule has 0 spiro atoms. The van der Waals surface area contributed by atoms with Crippen molar-refractivity contribution in [1.29, 1.82) is 0 Å². The molecule has 5 rings (SSSR count). The van der Waals surface area contributed by atoms with Gasteiger partial charge in [-0.25, -0.2) is 9.48 Å². The fourth-order valence-corrected chi connectivity index (χ4v) is 5.11. The maximum atomic E-state index is 13.4. The summed E-state index contributed by atoms with van der Waals surface area (Å²) < 4.78 is 30.3. The van der Waals surface area contributed by atoms with Crippen LogP contribution < -0.4 is 16.0 Å². The standard InChI is InChI=1S/C31H35N5O13/c32-2-5-46-8-7-45-4-1-18-15-36(35-34-18)3-6-47-29-26-20(38)13-19(37)14-23(26)48-28(16-9-21(39)27(43)22(40)10-16)30(29)49-31(44)17-11-24(41)33-25(42)12-17/h9-15,28-30,37-40,43H,1-8,32H2,(H2,33,41,42). The van der Waals surface area contributed by atoms with Gasteiger partial charge in [0, 0.05) is 49.0 Å². The molecule has 2 aromatic carbocycles. The molecule has 9 N–H and O–H groups in total. The number of rotatable bonds is 15. The summed E-state index contributed by atoms with van der Waals surface area (Å²) in [5, 5.41) is 69.7. The number of benzene rings is 2. The van der Waals surface area contributed by atoms with Gasteiger partial charge < -0.3 is 60.1 Å². The average molecular weight is 686 g/mol. The van der Waals surface area contributed by atoms with E-state index in [2.05, 4.69) is 15.3 Å². The number of aromatic nitrogens is 4. The lowest BCUT2D eigenvalue weighted by Gasteiger charge is -2.39. The lowest BCUT2D eigenvalue weighted by atomic mass is 9.90. The Morgan fingerprint density at radius 2 is 1.65 bits per heavy atom. The molecule has 18 heteroatoms. The number of aromatic hydroxyl groups is 6. The van der Waals surface area contributed by atoms with Gasteiger partial charge in [-0.15, -0.1) is 5.10 Å². The Kier molecular flexibility index (Phi) is 11.0. The van der Waals surface area contributed by atoms with Gasteiger partial charge in [-0.1, -0.05) is 5.21 Å². The molecule has 0 saturated carbocycles. The number of phenolic OH excluding ortho intramolecular Hbond substituents is 5. The number of ether oxygens (including phenoxy) is 5. The first-order valence-electron chi connectivity index (χ1n) is 15.0. The Balaban J connectivity index is 1.40. The summed E-state index contributed by atoms with van der Waals surface area (Å²) in [4.78, 5) is 27.4. The molecule has 0 amide bonds. The fraction of sp³-hybridized carbons (Fsp3) is 0.355. The van der Waals surface area contributed by atoms with Gasteiger partial charge in [0.05, 0.1) is 56.4 Å². The summed E-state index contributed by atoms with van der Waals surface area (Å²) in [6, 6.07) is 6.17. The molecular weight excluding hydrogens is 650 g/mol. The van der Waals surface area contributed by atoms with Crippen LogP contribution in [0.15, 0.2) is 47.4 Å². The molecule has 0 saturated heterocycles. The topological polar surface area (TPSA) is 274 Å². The second-order valence-corrected chi connectivity index (χ2v) is 10.8. The van der Waals surface area contributed by atoms with Crippen LogP contribution in [0.25, 0.3) is 0 Å². The van der Waals surface area contributed by atoms with E-state index in [1.807, 2.05) is 0 Å². The molecule has 1 aliphatic heterocycles. The van der Waals surface area contributed by atoms with Gasteiger partial charge in [0.25, 0.3) is 5.56 Å². The summed E-state index contributed by atoms with van der Waals surface area (Å²) in [7, 11) is 0. The molecule has 18 nitrogen and oxygen atoms in total. The lowest BCUT2D eigenvalue weighted by Crippen LogP contribution is -2.40. The van der Waals surface area contributed by atoms with Crippen LogP contribution in [-0.2, 0) is 31.9 Å². The zero-order chi connectivity index (χ0) is 35.1. The highest BCUT2D eigenvalue weighted by Gasteiger charge is 2.45. The van der Waals surface area contributed by atoms with E-state index in [1.54, 1.807) is 6.20 Å². The fourth-order valence-electron chi connectivity index (χ4n) is 5.11. The zero-order valence-corrected chi connectivity index (χ0v) is 25.9. The second-order valence-electron chi connectivity index (χ2n) is 10.8. The van der Waals surface area contributed by atoms with Crippen LogP contribution in [-0.4, -0.2) is 102 Å². The molecule has 0 fully saturated rings. The molecule has 49 heavy (non-hydrogen) atoms. The lowest BCUT2D eigenvalue weighted by molar-refractivity contribution is -0.112. The van der Waals surface area contributed by atoms with Gasteiger partial charge in [-0.2, -0.15) is 0 Å². The van der Waals surface area contributed by atoms with Gasteiger partial charge in [0.1, 0.15) is 23.4 Å². The van der Waals surface area contributed by atoms with Crippen molar-refractivity contribution in [1.82, 2.24) is 20.0 Å². The number of aromatic amines is 1. The van der Waals surface area contributed by atoms with Crippen LogP contribution in [0.2, 0.25) is 0 Å². The third-order valence-corrected chi connectivity index (χ3v) is 7.31. The van der Waals surface area contributed by atoms with E-state index >= 15 is 0 Å². The minimum absolute atomic E-state index is 0.00415. The molecule has 3 atom stereocenters. The number of hydrogen-bond donors (Lipinski definition) is 8. The highest BCUT2D eigenvalue weighted by atomic mass is 16.6. The number of esters is 1. The third kappa shape index (κ3) is 8.49. The monoisotopic (exact) mass is 685 g/mol. The van der Waals surface area contributed by atoms with Crippen LogP contribution in [0.3, 0.4) is 0 Å². The van der Waals surface area contributed by atoms with E-state index in [0.717, 1.165) is 30.3 Å². The van der Waals surface area contributed by atoms with Crippen molar-refractivity contribution in [3.05, 3.63) is 75.3 Å². The molecular formula is C31H35N5O13. The van der Waals surface area contributed by atoms with E-state index in [0.29, 0.717) is 45.1 Å². The van der Waals surface area contributed by atoms with Crippen molar-refractivity contribution in [3.63, 3.8) is 0 Å². The Labute approximate surface area is 277 Å². The van der Waals surface area contributed by atoms with Gasteiger partial charge >= 0.3 is 5.97 Å². The second kappa shape index (κ2) is 15.6. The SMILES string of the molecule is NCCOCCOCCc1cn(CCOC2c3c(O)cc(O)cc3OC(c3cc(O)c(O)c(O)c3)C2OC(=O)c2cc(O)[nH]c(=O)c2)nn1. The van der Waals surface area contributed by atoms with Crippen molar-refractivity contribution in [3.8, 4) is 40.4 Å². The van der Waals surface area contributed by atoms with E-state index in [4.69, 9.17) is 29.4 Å². The number of hydrogen-bond acceptors (Lipinski definition) is 16. The minimum Gasteiger partial charge on any atom is -0.508 e. The normalized spacial score (nSPS) is 17.0. The van der Waals surface area contributed by atoms with Crippen molar-refractivity contribution in [2.24, 2.45) is 5.73 Å². The minimum atomic E-state index is -1.50. The highest BCUT2D eigenvalue weighted by Crippen LogP contribution is 2.51. The summed E-state index contributed by atoms with van der Waals surface area (Å²) in [6.45, 7) is 2.13. The number of fused-ring (bicyclic) bond motifs is 1. The Morgan fingerprint density at radius 3 is 2.37 bits per heavy atom. The van der Waals surface area contributed by atoms with Crippen molar-refractivity contribution >= 4 is 5.97 Å². The van der Waals surface area contributed by atoms with Crippen LogP contribution in [0, 0.1) is 0 Å². The number of nitrogens with zero attached hydrogens (tertiary/aromatic N) is 3. The first kappa shape index (κ1) is 34.8. The molecule has 4 aromatic rings. The molecule has 262 valence electrons. The Morgan fingerprint density at radius 1 is 0.918 bits per heavy atom. The van der Waals surface area contributed by atoms with Crippen molar-refractivity contribution in [2.45, 2.75) is 31.3 Å². The maximum Gasteiger partial charge on any atom is 0.339 e. The quantitative estimate of drug-likeness (QED) is 0.0489. The number of nitrogens with two attached hydrogens (primary N) is 1.